The third kappa shape index (κ3) is 4.56. The summed E-state index contributed by atoms with van der Waals surface area (Å²) in [6.45, 7) is 7.06. The number of ether oxygens (including phenoxy) is 1. The van der Waals surface area contributed by atoms with E-state index in [2.05, 4.69) is 32.7 Å². The van der Waals surface area contributed by atoms with Crippen molar-refractivity contribution in [3.8, 4) is 16.9 Å². The van der Waals surface area contributed by atoms with Crippen LogP contribution in [0, 0.1) is 0 Å². The zero-order valence-corrected chi connectivity index (χ0v) is 23.4. The van der Waals surface area contributed by atoms with Gasteiger partial charge in [0.25, 0.3) is 0 Å². The first kappa shape index (κ1) is 25.6. The third-order valence-corrected chi connectivity index (χ3v) is 9.09. The Morgan fingerprint density at radius 1 is 1.07 bits per heavy atom. The Bertz CT molecular complexity index is 1450. The van der Waals surface area contributed by atoms with Gasteiger partial charge < -0.3 is 15.0 Å². The fourth-order valence-electron chi connectivity index (χ4n) is 5.87. The Kier molecular flexibility index (Phi) is 6.54. The summed E-state index contributed by atoms with van der Waals surface area (Å²) in [5.41, 5.74) is 5.70. The Morgan fingerprint density at radius 2 is 2.00 bits per heavy atom. The van der Waals surface area contributed by atoms with Gasteiger partial charge >= 0.3 is 0 Å². The molecule has 1 aromatic carbocycles. The van der Waals surface area contributed by atoms with Gasteiger partial charge in [-0.3, -0.25) is 9.78 Å². The minimum Gasteiger partial charge on any atom is -0.485 e. The van der Waals surface area contributed by atoms with Crippen molar-refractivity contribution in [2.24, 2.45) is 0 Å². The first-order valence-electron chi connectivity index (χ1n) is 13.8. The molecular formula is C29H32N6O4S. The fourth-order valence-corrected chi connectivity index (χ4v) is 6.96. The van der Waals surface area contributed by atoms with Crippen molar-refractivity contribution in [3.63, 3.8) is 0 Å². The van der Waals surface area contributed by atoms with Gasteiger partial charge in [-0.15, -0.1) is 0 Å². The molecule has 0 radical (unpaired) electrons. The van der Waals surface area contributed by atoms with Gasteiger partial charge in [0, 0.05) is 59.9 Å². The number of benzene rings is 1. The van der Waals surface area contributed by atoms with Gasteiger partial charge in [0.1, 0.15) is 24.3 Å². The predicted octanol–water partition coefficient (Wildman–Crippen LogP) is 5.26. The van der Waals surface area contributed by atoms with E-state index in [4.69, 9.17) is 19.5 Å². The second kappa shape index (κ2) is 10.2. The number of carbonyl (C=O) groups excluding carboxylic acids is 1. The molecule has 11 heteroatoms. The van der Waals surface area contributed by atoms with E-state index in [0.717, 1.165) is 77.0 Å². The molecule has 2 unspecified atom stereocenters. The van der Waals surface area contributed by atoms with E-state index in [1.165, 1.54) is 0 Å². The lowest BCUT2D eigenvalue weighted by molar-refractivity contribution is -0.337. The maximum absolute atomic E-state index is 12.2. The second-order valence-corrected chi connectivity index (χ2v) is 11.9. The molecule has 1 N–H and O–H groups in total. The number of pyridine rings is 2. The molecule has 2 aromatic heterocycles. The molecule has 208 valence electrons. The Hall–Kier alpha value is -3.38. The van der Waals surface area contributed by atoms with E-state index in [1.807, 2.05) is 54.7 Å². The highest BCUT2D eigenvalue weighted by molar-refractivity contribution is 8.00. The highest BCUT2D eigenvalue weighted by Crippen LogP contribution is 2.45. The van der Waals surface area contributed by atoms with E-state index in [-0.39, 0.29) is 17.6 Å². The van der Waals surface area contributed by atoms with Gasteiger partial charge in [-0.1, -0.05) is 0 Å². The molecule has 1 amide bonds. The molecule has 4 aliphatic rings. The number of carbonyl (C=O) groups is 1. The van der Waals surface area contributed by atoms with Gasteiger partial charge in [-0.2, -0.15) is 0 Å². The molecule has 40 heavy (non-hydrogen) atoms. The van der Waals surface area contributed by atoms with Crippen molar-refractivity contribution >= 4 is 40.7 Å². The van der Waals surface area contributed by atoms with Crippen molar-refractivity contribution in [1.82, 2.24) is 15.0 Å². The van der Waals surface area contributed by atoms with Crippen molar-refractivity contribution < 1.29 is 19.3 Å². The van der Waals surface area contributed by atoms with Crippen molar-refractivity contribution in [2.45, 2.75) is 44.8 Å². The maximum atomic E-state index is 12.2. The summed E-state index contributed by atoms with van der Waals surface area (Å²) in [5.74, 6) is 2.68. The molecule has 3 saturated heterocycles. The molecule has 2 atom stereocenters. The van der Waals surface area contributed by atoms with Crippen LogP contribution < -0.4 is 19.4 Å². The summed E-state index contributed by atoms with van der Waals surface area (Å²) in [7, 11) is 0. The average Bonchev–Trinajstić information content (AvgIpc) is 3.64. The van der Waals surface area contributed by atoms with Crippen LogP contribution in [0.4, 0.5) is 22.9 Å². The first-order chi connectivity index (χ1) is 19.5. The summed E-state index contributed by atoms with van der Waals surface area (Å²) in [6.07, 6.45) is 7.84. The van der Waals surface area contributed by atoms with Crippen molar-refractivity contribution in [2.75, 3.05) is 46.7 Å². The van der Waals surface area contributed by atoms with Crippen molar-refractivity contribution in [3.05, 3.63) is 54.5 Å². The van der Waals surface area contributed by atoms with Crippen LogP contribution in [0.1, 0.15) is 44.8 Å². The van der Waals surface area contributed by atoms with Crippen LogP contribution >= 0.6 is 11.9 Å². The lowest BCUT2D eigenvalue weighted by atomic mass is 9.94. The number of nitrogens with zero attached hydrogens (tertiary/aromatic N) is 5. The summed E-state index contributed by atoms with van der Waals surface area (Å²) in [5, 5.41) is 5.81. The van der Waals surface area contributed by atoms with E-state index in [0.29, 0.717) is 19.6 Å². The smallest absolute Gasteiger partial charge is 0.227 e. The highest BCUT2D eigenvalue weighted by atomic mass is 32.2. The fraction of sp³-hybridized carbons (Fsp3) is 0.414. The summed E-state index contributed by atoms with van der Waals surface area (Å²) < 4.78 is 8.55. The SMILES string of the molecule is CC1Oc2cc(N3CCCC3=O)ccc2-c2cnc(Nc3cncc(N4SCCN4C4(C)CCOOC4)c3)cc21. The molecule has 10 nitrogen and oxygen atoms in total. The number of rotatable bonds is 5. The van der Waals surface area contributed by atoms with E-state index < -0.39 is 0 Å². The first-order valence-corrected chi connectivity index (χ1v) is 14.7. The van der Waals surface area contributed by atoms with E-state index >= 15 is 0 Å². The molecule has 3 fully saturated rings. The molecule has 0 aliphatic carbocycles. The van der Waals surface area contributed by atoms with E-state index in [1.54, 1.807) is 11.9 Å². The van der Waals surface area contributed by atoms with Crippen molar-refractivity contribution in [1.29, 1.82) is 0 Å². The number of anilines is 4. The summed E-state index contributed by atoms with van der Waals surface area (Å²) >= 11 is 1.77. The quantitative estimate of drug-likeness (QED) is 0.329. The van der Waals surface area contributed by atoms with E-state index in [9.17, 15) is 4.79 Å². The number of hydrogen-bond donors (Lipinski definition) is 1. The number of hydrogen-bond acceptors (Lipinski definition) is 10. The lowest BCUT2D eigenvalue weighted by Gasteiger charge is -2.44. The van der Waals surface area contributed by atoms with Gasteiger partial charge in [-0.05, 0) is 62.9 Å². The standard InChI is InChI=1S/C29H32N6O4S/c1-19-24-14-27(31-17-25(24)23-6-5-21(13-26(23)39-19)33-8-3-4-28(33)36)32-20-12-22(16-30-15-20)35-34(9-11-40-35)29(2)7-10-37-38-18-29/h5-6,12-17,19H,3-4,7-11,18H2,1-2H3,(H,31,32). The molecule has 4 aliphatic heterocycles. The number of aromatic nitrogens is 2. The van der Waals surface area contributed by atoms with Crippen LogP contribution in [0.25, 0.3) is 11.1 Å². The number of fused-ring (bicyclic) bond motifs is 3. The Morgan fingerprint density at radius 3 is 2.83 bits per heavy atom. The van der Waals surface area contributed by atoms with Crippen LogP contribution in [-0.4, -0.2) is 58.5 Å². The Labute approximate surface area is 237 Å². The highest BCUT2D eigenvalue weighted by Gasteiger charge is 2.42. The van der Waals surface area contributed by atoms with Crippen LogP contribution in [-0.2, 0) is 14.6 Å². The molecule has 0 spiro atoms. The number of nitrogens with one attached hydrogen (secondary N) is 1. The number of hydrazine groups is 1. The third-order valence-electron chi connectivity index (χ3n) is 8.07. The van der Waals surface area contributed by atoms with Crippen LogP contribution in [0.2, 0.25) is 0 Å². The minimum absolute atomic E-state index is 0.136. The predicted molar refractivity (Wildman–Crippen MR) is 154 cm³/mol. The second-order valence-electron chi connectivity index (χ2n) is 10.9. The van der Waals surface area contributed by atoms with Gasteiger partial charge in [0.2, 0.25) is 5.91 Å². The Balaban J connectivity index is 1.12. The molecule has 0 saturated carbocycles. The zero-order chi connectivity index (χ0) is 27.3. The van der Waals surface area contributed by atoms with Crippen LogP contribution in [0.5, 0.6) is 5.75 Å². The molecule has 6 heterocycles. The lowest BCUT2D eigenvalue weighted by Crippen LogP contribution is -2.56. The maximum Gasteiger partial charge on any atom is 0.227 e. The van der Waals surface area contributed by atoms with Gasteiger partial charge in [0.05, 0.1) is 35.9 Å². The summed E-state index contributed by atoms with van der Waals surface area (Å²) in [4.78, 5) is 33.8. The zero-order valence-electron chi connectivity index (χ0n) is 22.6. The normalized spacial score (nSPS) is 24.6. The van der Waals surface area contributed by atoms with Gasteiger partial charge in [0.15, 0.2) is 0 Å². The minimum atomic E-state index is -0.156. The van der Waals surface area contributed by atoms with Crippen LogP contribution in [0.3, 0.4) is 0 Å². The molecule has 0 bridgehead atoms. The average molecular weight is 561 g/mol. The number of amides is 1. The topological polar surface area (TPSA) is 92.3 Å². The molecule has 3 aromatic rings. The van der Waals surface area contributed by atoms with Gasteiger partial charge in [-0.25, -0.2) is 24.2 Å². The molecule has 7 rings (SSSR count). The largest absolute Gasteiger partial charge is 0.485 e. The monoisotopic (exact) mass is 560 g/mol. The van der Waals surface area contributed by atoms with Crippen LogP contribution in [0.15, 0.2) is 48.9 Å². The molecular weight excluding hydrogens is 528 g/mol. The summed E-state index contributed by atoms with van der Waals surface area (Å²) in [6, 6.07) is 10.2.